The molecule has 0 aliphatic carbocycles. The molecule has 2 aromatic heterocycles. The lowest BCUT2D eigenvalue weighted by atomic mass is 10.0. The van der Waals surface area contributed by atoms with E-state index in [4.69, 9.17) is 9.15 Å². The highest BCUT2D eigenvalue weighted by atomic mass is 16.5. The fourth-order valence-electron chi connectivity index (χ4n) is 4.65. The Bertz CT molecular complexity index is 1460. The van der Waals surface area contributed by atoms with Gasteiger partial charge in [-0.05, 0) is 57.5 Å². The number of ether oxygens (including phenoxy) is 1. The summed E-state index contributed by atoms with van der Waals surface area (Å²) >= 11 is 0. The Morgan fingerprint density at radius 3 is 2.72 bits per heavy atom. The van der Waals surface area contributed by atoms with E-state index < -0.39 is 5.63 Å². The Labute approximate surface area is 209 Å². The van der Waals surface area contributed by atoms with Crippen molar-refractivity contribution in [3.63, 3.8) is 0 Å². The van der Waals surface area contributed by atoms with Crippen molar-refractivity contribution in [3.8, 4) is 5.75 Å². The topological polar surface area (TPSA) is 90.5 Å². The number of rotatable bonds is 7. The number of hydrogen-bond donors (Lipinski definition) is 0. The predicted molar refractivity (Wildman–Crippen MR) is 137 cm³/mol. The molecule has 4 aromatic rings. The third-order valence-corrected chi connectivity index (χ3v) is 6.73. The maximum Gasteiger partial charge on any atom is 0.339 e. The van der Waals surface area contributed by atoms with E-state index in [0.29, 0.717) is 17.7 Å². The Hall–Kier alpha value is -3.78. The van der Waals surface area contributed by atoms with Crippen LogP contribution in [0.4, 0.5) is 0 Å². The molecule has 8 nitrogen and oxygen atoms in total. The molecule has 1 aliphatic heterocycles. The van der Waals surface area contributed by atoms with Gasteiger partial charge >= 0.3 is 5.63 Å². The van der Waals surface area contributed by atoms with Crippen LogP contribution < -0.4 is 10.4 Å². The van der Waals surface area contributed by atoms with Crippen molar-refractivity contribution >= 4 is 16.8 Å². The second-order valence-electron chi connectivity index (χ2n) is 9.68. The molecule has 36 heavy (non-hydrogen) atoms. The molecule has 0 spiro atoms. The highest BCUT2D eigenvalue weighted by Gasteiger charge is 2.21. The Morgan fingerprint density at radius 2 is 1.94 bits per heavy atom. The second-order valence-corrected chi connectivity index (χ2v) is 9.68. The first-order chi connectivity index (χ1) is 17.4. The molecule has 2 aromatic carbocycles. The number of fused-ring (bicyclic) bond motifs is 1. The highest BCUT2D eigenvalue weighted by molar-refractivity contribution is 5.95. The molecule has 1 fully saturated rings. The smallest absolute Gasteiger partial charge is 0.339 e. The Morgan fingerprint density at radius 1 is 1.14 bits per heavy atom. The summed E-state index contributed by atoms with van der Waals surface area (Å²) in [5.74, 6) is 0.449. The summed E-state index contributed by atoms with van der Waals surface area (Å²) in [6.07, 6.45) is 3.60. The van der Waals surface area contributed by atoms with Crippen LogP contribution in [0.2, 0.25) is 0 Å². The molecule has 0 N–H and O–H groups in total. The molecule has 0 atom stereocenters. The molecule has 0 amide bonds. The van der Waals surface area contributed by atoms with E-state index in [1.165, 1.54) is 0 Å². The van der Waals surface area contributed by atoms with Gasteiger partial charge in [-0.15, -0.1) is 5.10 Å². The zero-order valence-electron chi connectivity index (χ0n) is 20.9. The number of carbonyl (C=O) groups excluding carboxylic acids is 1. The quantitative estimate of drug-likeness (QED) is 0.289. The van der Waals surface area contributed by atoms with Gasteiger partial charge in [0.05, 0.1) is 12.7 Å². The number of ketones is 1. The number of likely N-dealkylation sites (tertiary alicyclic amines) is 1. The van der Waals surface area contributed by atoms with E-state index >= 15 is 0 Å². The Kier molecular flexibility index (Phi) is 6.69. The van der Waals surface area contributed by atoms with Gasteiger partial charge in [-0.1, -0.05) is 35.0 Å². The zero-order valence-corrected chi connectivity index (χ0v) is 20.9. The van der Waals surface area contributed by atoms with Crippen LogP contribution >= 0.6 is 0 Å². The third kappa shape index (κ3) is 5.23. The van der Waals surface area contributed by atoms with Crippen molar-refractivity contribution in [1.29, 1.82) is 0 Å². The van der Waals surface area contributed by atoms with Gasteiger partial charge in [-0.2, -0.15) is 0 Å². The summed E-state index contributed by atoms with van der Waals surface area (Å²) in [4.78, 5) is 27.9. The summed E-state index contributed by atoms with van der Waals surface area (Å²) in [5.41, 5.74) is 3.50. The molecular formula is C28H30N4O4. The molecule has 1 aliphatic rings. The molecule has 5 rings (SSSR count). The number of hydrogen-bond acceptors (Lipinski definition) is 7. The minimum Gasteiger partial charge on any atom is -0.490 e. The number of Topliss-reactive ketones (excluding diaryl/α,β-unsaturated/α-hetero) is 1. The fourth-order valence-corrected chi connectivity index (χ4v) is 4.65. The van der Waals surface area contributed by atoms with Gasteiger partial charge in [-0.3, -0.25) is 4.79 Å². The van der Waals surface area contributed by atoms with Gasteiger partial charge in [0, 0.05) is 36.0 Å². The van der Waals surface area contributed by atoms with E-state index in [2.05, 4.69) is 28.3 Å². The summed E-state index contributed by atoms with van der Waals surface area (Å²) < 4.78 is 13.5. The maximum absolute atomic E-state index is 12.9. The third-order valence-electron chi connectivity index (χ3n) is 6.73. The van der Waals surface area contributed by atoms with Crippen molar-refractivity contribution in [2.45, 2.75) is 45.8 Å². The molecule has 1 saturated heterocycles. The van der Waals surface area contributed by atoms with Crippen molar-refractivity contribution in [1.82, 2.24) is 19.9 Å². The average Bonchev–Trinajstić information content (AvgIpc) is 3.32. The SMILES string of the molecule is Cc1cccc(Cn2cc(C(=O)Cc3cc4ccc(OC5CCN(C)CC5)c(C)c4oc3=O)nn2)c1. The standard InChI is InChI=1S/C28H30N4O4/c1-18-5-4-6-20(13-18)16-32-17-24(29-30-32)25(33)15-22-14-21-7-8-26(19(2)27(21)36-28(22)34)35-23-9-11-31(3)12-10-23/h4-8,13-14,17,23H,9-12,15-16H2,1-3H3. The normalized spacial score (nSPS) is 14.9. The van der Waals surface area contributed by atoms with Crippen molar-refractivity contribution < 1.29 is 13.9 Å². The van der Waals surface area contributed by atoms with Crippen molar-refractivity contribution in [2.24, 2.45) is 0 Å². The molecule has 0 bridgehead atoms. The zero-order chi connectivity index (χ0) is 25.2. The summed E-state index contributed by atoms with van der Waals surface area (Å²) in [6, 6.07) is 13.6. The lowest BCUT2D eigenvalue weighted by Crippen LogP contribution is -2.35. The Balaban J connectivity index is 1.31. The summed E-state index contributed by atoms with van der Waals surface area (Å²) in [6.45, 7) is 6.45. The fraction of sp³-hybridized carbons (Fsp3) is 0.357. The minimum atomic E-state index is -0.525. The van der Waals surface area contributed by atoms with Crippen LogP contribution in [-0.4, -0.2) is 51.9 Å². The van der Waals surface area contributed by atoms with Crippen molar-refractivity contribution in [2.75, 3.05) is 20.1 Å². The highest BCUT2D eigenvalue weighted by Crippen LogP contribution is 2.29. The van der Waals surface area contributed by atoms with Gasteiger partial charge < -0.3 is 14.1 Å². The molecule has 0 radical (unpaired) electrons. The van der Waals surface area contributed by atoms with Crippen LogP contribution in [0.3, 0.4) is 0 Å². The first-order valence-corrected chi connectivity index (χ1v) is 12.3. The van der Waals surface area contributed by atoms with Crippen LogP contribution in [0, 0.1) is 13.8 Å². The predicted octanol–water partition coefficient (Wildman–Crippen LogP) is 3.95. The molecule has 8 heteroatoms. The lowest BCUT2D eigenvalue weighted by Gasteiger charge is -2.29. The van der Waals surface area contributed by atoms with Crippen LogP contribution in [0.25, 0.3) is 11.0 Å². The average molecular weight is 487 g/mol. The van der Waals surface area contributed by atoms with E-state index in [1.54, 1.807) is 16.9 Å². The van der Waals surface area contributed by atoms with E-state index in [9.17, 15) is 9.59 Å². The van der Waals surface area contributed by atoms with Crippen LogP contribution in [-0.2, 0) is 13.0 Å². The first kappa shape index (κ1) is 23.9. The van der Waals surface area contributed by atoms with E-state index in [0.717, 1.165) is 53.8 Å². The van der Waals surface area contributed by atoms with Gasteiger partial charge in [0.15, 0.2) is 5.78 Å². The number of aryl methyl sites for hydroxylation is 2. The minimum absolute atomic E-state index is 0.103. The van der Waals surface area contributed by atoms with E-state index in [-0.39, 0.29) is 24.0 Å². The van der Waals surface area contributed by atoms with Gasteiger partial charge in [-0.25, -0.2) is 9.48 Å². The van der Waals surface area contributed by atoms with Gasteiger partial charge in [0.2, 0.25) is 0 Å². The molecule has 186 valence electrons. The van der Waals surface area contributed by atoms with Crippen LogP contribution in [0.5, 0.6) is 5.75 Å². The number of benzene rings is 2. The summed E-state index contributed by atoms with van der Waals surface area (Å²) in [7, 11) is 2.11. The number of nitrogens with zero attached hydrogens (tertiary/aromatic N) is 4. The molecule has 0 saturated carbocycles. The maximum atomic E-state index is 12.9. The lowest BCUT2D eigenvalue weighted by molar-refractivity contribution is 0.0987. The van der Waals surface area contributed by atoms with Gasteiger partial charge in [0.1, 0.15) is 23.1 Å². The van der Waals surface area contributed by atoms with E-state index in [1.807, 2.05) is 44.2 Å². The van der Waals surface area contributed by atoms with Crippen LogP contribution in [0.15, 0.2) is 57.9 Å². The number of carbonyl (C=O) groups is 1. The number of piperidine rings is 1. The molecule has 3 heterocycles. The number of aromatic nitrogens is 3. The van der Waals surface area contributed by atoms with Gasteiger partial charge in [0.25, 0.3) is 0 Å². The molecular weight excluding hydrogens is 456 g/mol. The van der Waals surface area contributed by atoms with Crippen molar-refractivity contribution in [3.05, 3.63) is 87.0 Å². The first-order valence-electron chi connectivity index (χ1n) is 12.3. The second kappa shape index (κ2) is 10.1. The summed E-state index contributed by atoms with van der Waals surface area (Å²) in [5, 5.41) is 8.86. The van der Waals surface area contributed by atoms with Crippen LogP contribution in [0.1, 0.15) is 45.6 Å². The largest absolute Gasteiger partial charge is 0.490 e. The monoisotopic (exact) mass is 486 g/mol. The molecule has 0 unspecified atom stereocenters.